The first kappa shape index (κ1) is 16.0. The van der Waals surface area contributed by atoms with Crippen LogP contribution < -0.4 is 11.1 Å². The lowest BCUT2D eigenvalue weighted by Gasteiger charge is -2.25. The molecule has 1 rings (SSSR count). The van der Waals surface area contributed by atoms with Gasteiger partial charge in [-0.25, -0.2) is 0 Å². The predicted molar refractivity (Wildman–Crippen MR) is 85.2 cm³/mol. The second-order valence-corrected chi connectivity index (χ2v) is 6.20. The maximum Gasteiger partial charge on any atom is 0.0314 e. The number of rotatable bonds is 8. The van der Waals surface area contributed by atoms with Crippen molar-refractivity contribution in [3.8, 4) is 0 Å². The average molecular weight is 262 g/mol. The topological polar surface area (TPSA) is 38.0 Å². The molecule has 0 saturated heterocycles. The molecule has 0 aromatic heterocycles. The lowest BCUT2D eigenvalue weighted by Crippen LogP contribution is -2.30. The van der Waals surface area contributed by atoms with E-state index in [2.05, 4.69) is 45.1 Å². The summed E-state index contributed by atoms with van der Waals surface area (Å²) in [5.74, 6) is 2.28. The highest BCUT2D eigenvalue weighted by molar-refractivity contribution is 5.39. The Bertz CT molecular complexity index is 333. The number of aryl methyl sites for hydroxylation is 1. The van der Waals surface area contributed by atoms with Gasteiger partial charge in [0.25, 0.3) is 0 Å². The van der Waals surface area contributed by atoms with Crippen molar-refractivity contribution in [2.75, 3.05) is 18.8 Å². The van der Waals surface area contributed by atoms with E-state index in [4.69, 9.17) is 5.73 Å². The van der Waals surface area contributed by atoms with Crippen LogP contribution in [0.5, 0.6) is 0 Å². The highest BCUT2D eigenvalue weighted by Gasteiger charge is 2.16. The van der Waals surface area contributed by atoms with E-state index in [1.165, 1.54) is 12.0 Å². The van der Waals surface area contributed by atoms with Gasteiger partial charge in [0.15, 0.2) is 0 Å². The van der Waals surface area contributed by atoms with Crippen molar-refractivity contribution in [1.29, 1.82) is 0 Å². The molecule has 0 unspecified atom stereocenters. The normalized spacial score (nSPS) is 11.7. The molecule has 3 N–H and O–H groups in total. The molecule has 0 spiro atoms. The molecule has 108 valence electrons. The smallest absolute Gasteiger partial charge is 0.0314 e. The number of nitrogen functional groups attached to an aromatic ring is 1. The van der Waals surface area contributed by atoms with Gasteiger partial charge in [-0.2, -0.15) is 0 Å². The first-order valence-corrected chi connectivity index (χ1v) is 7.56. The van der Waals surface area contributed by atoms with Crippen LogP contribution >= 0.6 is 0 Å². The molecule has 0 bridgehead atoms. The Hall–Kier alpha value is -1.02. The Labute approximate surface area is 118 Å². The summed E-state index contributed by atoms with van der Waals surface area (Å²) in [4.78, 5) is 0. The zero-order valence-corrected chi connectivity index (χ0v) is 12.9. The first-order valence-electron chi connectivity index (χ1n) is 7.56. The zero-order chi connectivity index (χ0) is 14.3. The second kappa shape index (κ2) is 8.21. The summed E-state index contributed by atoms with van der Waals surface area (Å²) in [5.41, 5.74) is 7.90. The largest absolute Gasteiger partial charge is 0.399 e. The summed E-state index contributed by atoms with van der Waals surface area (Å²) in [5, 5.41) is 3.61. The summed E-state index contributed by atoms with van der Waals surface area (Å²) in [6, 6.07) is 8.22. The third-order valence-corrected chi connectivity index (χ3v) is 3.89. The number of nitrogens with one attached hydrogen (secondary N) is 1. The third-order valence-electron chi connectivity index (χ3n) is 3.89. The summed E-state index contributed by atoms with van der Waals surface area (Å²) >= 11 is 0. The lowest BCUT2D eigenvalue weighted by molar-refractivity contribution is 0.276. The van der Waals surface area contributed by atoms with Crippen molar-refractivity contribution in [2.24, 2.45) is 17.8 Å². The van der Waals surface area contributed by atoms with Gasteiger partial charge < -0.3 is 11.1 Å². The number of hydrogen-bond donors (Lipinski definition) is 2. The highest BCUT2D eigenvalue weighted by atomic mass is 14.9. The van der Waals surface area contributed by atoms with Crippen LogP contribution in [0, 0.1) is 17.8 Å². The molecule has 0 radical (unpaired) electrons. The molecule has 2 nitrogen and oxygen atoms in total. The zero-order valence-electron chi connectivity index (χ0n) is 12.9. The molecule has 0 aliphatic heterocycles. The van der Waals surface area contributed by atoms with Gasteiger partial charge in [0, 0.05) is 5.69 Å². The van der Waals surface area contributed by atoms with Crippen LogP contribution in [0.3, 0.4) is 0 Å². The molecule has 0 amide bonds. The van der Waals surface area contributed by atoms with Gasteiger partial charge in [0.2, 0.25) is 0 Å². The molecule has 0 aliphatic rings. The molecule has 0 saturated carbocycles. The number of nitrogens with two attached hydrogens (primary N) is 1. The van der Waals surface area contributed by atoms with E-state index < -0.39 is 0 Å². The molecule has 0 atom stereocenters. The molecule has 0 aliphatic carbocycles. The fourth-order valence-electron chi connectivity index (χ4n) is 2.61. The van der Waals surface area contributed by atoms with Gasteiger partial charge in [-0.05, 0) is 61.4 Å². The lowest BCUT2D eigenvalue weighted by atomic mass is 9.85. The number of benzene rings is 1. The summed E-state index contributed by atoms with van der Waals surface area (Å²) in [6.45, 7) is 11.5. The second-order valence-electron chi connectivity index (χ2n) is 6.20. The Morgan fingerprint density at radius 1 is 1.00 bits per heavy atom. The van der Waals surface area contributed by atoms with Crippen LogP contribution in [0.1, 0.15) is 39.7 Å². The highest BCUT2D eigenvalue weighted by Crippen LogP contribution is 2.19. The van der Waals surface area contributed by atoms with Crippen LogP contribution in [0.25, 0.3) is 0 Å². The van der Waals surface area contributed by atoms with Crippen LogP contribution in [-0.4, -0.2) is 13.1 Å². The molecule has 0 fully saturated rings. The SMILES string of the molecule is CC(C)C(CNCCCc1ccc(N)cc1)C(C)C. The van der Waals surface area contributed by atoms with Gasteiger partial charge in [0.05, 0.1) is 0 Å². The quantitative estimate of drug-likeness (QED) is 0.553. The Morgan fingerprint density at radius 3 is 2.11 bits per heavy atom. The van der Waals surface area contributed by atoms with Gasteiger partial charge in [-0.1, -0.05) is 39.8 Å². The summed E-state index contributed by atoms with van der Waals surface area (Å²) < 4.78 is 0. The van der Waals surface area contributed by atoms with Crippen molar-refractivity contribution >= 4 is 5.69 Å². The Kier molecular flexibility index (Phi) is 6.93. The van der Waals surface area contributed by atoms with Crippen molar-refractivity contribution in [3.63, 3.8) is 0 Å². The molecular weight excluding hydrogens is 232 g/mol. The van der Waals surface area contributed by atoms with Crippen molar-refractivity contribution in [2.45, 2.75) is 40.5 Å². The number of anilines is 1. The van der Waals surface area contributed by atoms with Crippen molar-refractivity contribution in [1.82, 2.24) is 5.32 Å². The van der Waals surface area contributed by atoms with Gasteiger partial charge in [-0.3, -0.25) is 0 Å². The monoisotopic (exact) mass is 262 g/mol. The van der Waals surface area contributed by atoms with E-state index >= 15 is 0 Å². The van der Waals surface area contributed by atoms with Gasteiger partial charge >= 0.3 is 0 Å². The van der Waals surface area contributed by atoms with Gasteiger partial charge in [0.1, 0.15) is 0 Å². The fourth-order valence-corrected chi connectivity index (χ4v) is 2.61. The van der Waals surface area contributed by atoms with E-state index in [-0.39, 0.29) is 0 Å². The molecule has 0 heterocycles. The molecule has 19 heavy (non-hydrogen) atoms. The minimum Gasteiger partial charge on any atom is -0.399 e. The van der Waals surface area contributed by atoms with E-state index in [0.717, 1.165) is 43.0 Å². The number of hydrogen-bond acceptors (Lipinski definition) is 2. The van der Waals surface area contributed by atoms with Crippen LogP contribution in [0.15, 0.2) is 24.3 Å². The summed E-state index contributed by atoms with van der Waals surface area (Å²) in [7, 11) is 0. The minimum absolute atomic E-state index is 0.754. The fraction of sp³-hybridized carbons (Fsp3) is 0.647. The molecule has 1 aromatic carbocycles. The first-order chi connectivity index (χ1) is 9.00. The predicted octanol–water partition coefficient (Wildman–Crippen LogP) is 3.72. The van der Waals surface area contributed by atoms with E-state index in [1.54, 1.807) is 0 Å². The van der Waals surface area contributed by atoms with Crippen LogP contribution in [-0.2, 0) is 6.42 Å². The Morgan fingerprint density at radius 2 is 1.58 bits per heavy atom. The third kappa shape index (κ3) is 6.11. The molecule has 1 aromatic rings. The van der Waals surface area contributed by atoms with Crippen molar-refractivity contribution in [3.05, 3.63) is 29.8 Å². The van der Waals surface area contributed by atoms with E-state index in [0.29, 0.717) is 0 Å². The van der Waals surface area contributed by atoms with Crippen LogP contribution in [0.4, 0.5) is 5.69 Å². The van der Waals surface area contributed by atoms with Crippen molar-refractivity contribution < 1.29 is 0 Å². The standard InChI is InChI=1S/C17H30N2/c1-13(2)17(14(3)4)12-19-11-5-6-15-7-9-16(18)10-8-15/h7-10,13-14,17,19H,5-6,11-12,18H2,1-4H3. The minimum atomic E-state index is 0.754. The average Bonchev–Trinajstić information content (AvgIpc) is 2.34. The Balaban J connectivity index is 2.18. The molecular formula is C17H30N2. The maximum absolute atomic E-state index is 5.68. The van der Waals surface area contributed by atoms with Gasteiger partial charge in [-0.15, -0.1) is 0 Å². The van der Waals surface area contributed by atoms with E-state index in [1.807, 2.05) is 12.1 Å². The van der Waals surface area contributed by atoms with E-state index in [9.17, 15) is 0 Å². The molecule has 2 heteroatoms. The summed E-state index contributed by atoms with van der Waals surface area (Å²) in [6.07, 6.45) is 2.31. The van der Waals surface area contributed by atoms with Crippen LogP contribution in [0.2, 0.25) is 0 Å². The maximum atomic E-state index is 5.68.